The van der Waals surface area contributed by atoms with Gasteiger partial charge in [-0.1, -0.05) is 32.4 Å². The molecule has 11 heavy (non-hydrogen) atoms. The van der Waals surface area contributed by atoms with Crippen molar-refractivity contribution in [1.82, 2.24) is 0 Å². The fourth-order valence-electron chi connectivity index (χ4n) is 1.30. The molecule has 0 saturated heterocycles. The van der Waals surface area contributed by atoms with Crippen molar-refractivity contribution in [3.63, 3.8) is 0 Å². The highest BCUT2D eigenvalue weighted by Gasteiger charge is 2.15. The average Bonchev–Trinajstić information content (AvgIpc) is 1.94. The van der Waals surface area contributed by atoms with Crippen LogP contribution in [0.5, 0.6) is 0 Å². The highest BCUT2D eigenvalue weighted by Crippen LogP contribution is 2.29. The minimum absolute atomic E-state index is 0.0226. The fraction of sp³-hybridized carbons (Fsp3) is 0.600. The van der Waals surface area contributed by atoms with Gasteiger partial charge < -0.3 is 0 Å². The van der Waals surface area contributed by atoms with Crippen LogP contribution in [0.4, 0.5) is 4.39 Å². The Morgan fingerprint density at radius 2 is 2.09 bits per heavy atom. The van der Waals surface area contributed by atoms with Crippen molar-refractivity contribution in [2.45, 2.75) is 27.2 Å². The first-order valence-electron chi connectivity index (χ1n) is 4.17. The maximum atomic E-state index is 12.8. The van der Waals surface area contributed by atoms with E-state index in [-0.39, 0.29) is 11.7 Å². The predicted molar refractivity (Wildman–Crippen MR) is 45.9 cm³/mol. The van der Waals surface area contributed by atoms with Crippen molar-refractivity contribution in [3.05, 3.63) is 23.6 Å². The van der Waals surface area contributed by atoms with Gasteiger partial charge in [-0.15, -0.1) is 0 Å². The second-order valence-corrected chi connectivity index (χ2v) is 3.55. The van der Waals surface area contributed by atoms with Gasteiger partial charge in [0.15, 0.2) is 0 Å². The zero-order chi connectivity index (χ0) is 8.43. The van der Waals surface area contributed by atoms with Crippen molar-refractivity contribution in [2.24, 2.45) is 11.8 Å². The minimum Gasteiger partial charge on any atom is -0.212 e. The van der Waals surface area contributed by atoms with E-state index < -0.39 is 0 Å². The van der Waals surface area contributed by atoms with Crippen LogP contribution >= 0.6 is 0 Å². The Morgan fingerprint density at radius 1 is 1.45 bits per heavy atom. The van der Waals surface area contributed by atoms with Crippen molar-refractivity contribution in [3.8, 4) is 0 Å². The molecule has 0 spiro atoms. The van der Waals surface area contributed by atoms with Gasteiger partial charge in [-0.05, 0) is 18.4 Å². The molecule has 0 amide bonds. The van der Waals surface area contributed by atoms with E-state index in [1.165, 1.54) is 5.57 Å². The van der Waals surface area contributed by atoms with Crippen LogP contribution < -0.4 is 0 Å². The molecule has 0 fully saturated rings. The van der Waals surface area contributed by atoms with Crippen molar-refractivity contribution in [2.75, 3.05) is 0 Å². The summed E-state index contributed by atoms with van der Waals surface area (Å²) >= 11 is 0. The van der Waals surface area contributed by atoms with Crippen molar-refractivity contribution >= 4 is 0 Å². The van der Waals surface area contributed by atoms with Crippen molar-refractivity contribution < 1.29 is 4.39 Å². The highest BCUT2D eigenvalue weighted by molar-refractivity contribution is 5.23. The molecule has 0 radical (unpaired) electrons. The van der Waals surface area contributed by atoms with Crippen LogP contribution in [0, 0.1) is 11.8 Å². The zero-order valence-electron chi connectivity index (χ0n) is 7.39. The molecule has 1 unspecified atom stereocenters. The normalized spacial score (nSPS) is 25.0. The molecule has 0 aliphatic heterocycles. The lowest BCUT2D eigenvalue weighted by atomic mass is 9.88. The summed E-state index contributed by atoms with van der Waals surface area (Å²) in [6, 6.07) is 0. The summed E-state index contributed by atoms with van der Waals surface area (Å²) < 4.78 is 12.8. The molecule has 0 heterocycles. The first-order valence-corrected chi connectivity index (χ1v) is 4.17. The fourth-order valence-corrected chi connectivity index (χ4v) is 1.30. The lowest BCUT2D eigenvalue weighted by Crippen LogP contribution is -2.06. The summed E-state index contributed by atoms with van der Waals surface area (Å²) in [5, 5.41) is 0. The van der Waals surface area contributed by atoms with E-state index in [9.17, 15) is 4.39 Å². The number of allylic oxidation sites excluding steroid dienone is 4. The first kappa shape index (κ1) is 8.51. The minimum atomic E-state index is 0.0226. The van der Waals surface area contributed by atoms with Crippen LogP contribution in [0.2, 0.25) is 0 Å². The second-order valence-electron chi connectivity index (χ2n) is 3.55. The standard InChI is InChI=1S/C10H15F/c1-7(2)9-4-5-10(11)8(3)6-9/h4-5,7-8H,6H2,1-3H3. The monoisotopic (exact) mass is 154 g/mol. The molecule has 0 aromatic carbocycles. The molecule has 0 saturated carbocycles. The SMILES string of the molecule is CC(C)C1=CC=C(F)C(C)C1. The molecule has 1 rings (SSSR count). The van der Waals surface area contributed by atoms with Gasteiger partial charge in [0.2, 0.25) is 0 Å². The second kappa shape index (κ2) is 3.21. The Labute approximate surface area is 67.8 Å². The van der Waals surface area contributed by atoms with Gasteiger partial charge >= 0.3 is 0 Å². The Morgan fingerprint density at radius 3 is 2.55 bits per heavy atom. The van der Waals surface area contributed by atoms with Crippen LogP contribution in [0.3, 0.4) is 0 Å². The molecule has 0 aromatic rings. The lowest BCUT2D eigenvalue weighted by molar-refractivity contribution is 0.468. The maximum Gasteiger partial charge on any atom is 0.103 e. The molecule has 0 nitrogen and oxygen atoms in total. The number of halogens is 1. The van der Waals surface area contributed by atoms with E-state index in [1.54, 1.807) is 6.08 Å². The molecule has 62 valence electrons. The van der Waals surface area contributed by atoms with E-state index in [0.29, 0.717) is 5.92 Å². The Hall–Kier alpha value is -0.590. The van der Waals surface area contributed by atoms with Crippen LogP contribution in [-0.4, -0.2) is 0 Å². The van der Waals surface area contributed by atoms with Crippen LogP contribution in [0.25, 0.3) is 0 Å². The van der Waals surface area contributed by atoms with Gasteiger partial charge in [0.05, 0.1) is 0 Å². The van der Waals surface area contributed by atoms with Crippen LogP contribution in [0.15, 0.2) is 23.6 Å². The van der Waals surface area contributed by atoms with Gasteiger partial charge in [0.25, 0.3) is 0 Å². The van der Waals surface area contributed by atoms with Gasteiger partial charge in [-0.3, -0.25) is 0 Å². The average molecular weight is 154 g/mol. The summed E-state index contributed by atoms with van der Waals surface area (Å²) in [5.74, 6) is 0.675. The van der Waals surface area contributed by atoms with E-state index in [2.05, 4.69) is 13.8 Å². The summed E-state index contributed by atoms with van der Waals surface area (Å²) in [6.45, 7) is 6.23. The van der Waals surface area contributed by atoms with E-state index in [4.69, 9.17) is 0 Å². The lowest BCUT2D eigenvalue weighted by Gasteiger charge is -2.18. The molecule has 1 atom stereocenters. The van der Waals surface area contributed by atoms with Crippen LogP contribution in [-0.2, 0) is 0 Å². The van der Waals surface area contributed by atoms with Gasteiger partial charge in [-0.25, -0.2) is 4.39 Å². The summed E-state index contributed by atoms with van der Waals surface area (Å²) in [4.78, 5) is 0. The molecule has 0 bridgehead atoms. The largest absolute Gasteiger partial charge is 0.212 e. The predicted octanol–water partition coefficient (Wildman–Crippen LogP) is 3.46. The zero-order valence-corrected chi connectivity index (χ0v) is 7.39. The Kier molecular flexibility index (Phi) is 2.48. The van der Waals surface area contributed by atoms with E-state index in [0.717, 1.165) is 6.42 Å². The van der Waals surface area contributed by atoms with E-state index in [1.807, 2.05) is 13.0 Å². The van der Waals surface area contributed by atoms with Crippen LogP contribution in [0.1, 0.15) is 27.2 Å². The number of hydrogen-bond donors (Lipinski definition) is 0. The number of hydrogen-bond acceptors (Lipinski definition) is 0. The van der Waals surface area contributed by atoms with E-state index >= 15 is 0 Å². The summed E-state index contributed by atoms with van der Waals surface area (Å²) in [5.41, 5.74) is 1.36. The van der Waals surface area contributed by atoms with Gasteiger partial charge in [0, 0.05) is 5.92 Å². The third-order valence-electron chi connectivity index (χ3n) is 2.21. The molecular formula is C10H15F. The summed E-state index contributed by atoms with van der Waals surface area (Å²) in [7, 11) is 0. The maximum absolute atomic E-state index is 12.8. The van der Waals surface area contributed by atoms with Gasteiger partial charge in [-0.2, -0.15) is 0 Å². The Bertz CT molecular complexity index is 199. The molecular weight excluding hydrogens is 139 g/mol. The smallest absolute Gasteiger partial charge is 0.103 e. The first-order chi connectivity index (χ1) is 5.11. The quantitative estimate of drug-likeness (QED) is 0.542. The Balaban J connectivity index is 2.73. The third-order valence-corrected chi connectivity index (χ3v) is 2.21. The summed E-state index contributed by atoms with van der Waals surface area (Å²) in [6.07, 6.45) is 4.41. The van der Waals surface area contributed by atoms with Crippen molar-refractivity contribution in [1.29, 1.82) is 0 Å². The number of rotatable bonds is 1. The molecule has 1 aliphatic carbocycles. The molecule has 1 heteroatoms. The molecule has 1 aliphatic rings. The molecule has 0 N–H and O–H groups in total. The molecule has 0 aromatic heterocycles. The van der Waals surface area contributed by atoms with Gasteiger partial charge in [0.1, 0.15) is 5.83 Å². The third kappa shape index (κ3) is 1.92. The topological polar surface area (TPSA) is 0 Å². The highest BCUT2D eigenvalue weighted by atomic mass is 19.1.